The van der Waals surface area contributed by atoms with Crippen LogP contribution in [0.25, 0.3) is 0 Å². The molecule has 128 valence electrons. The van der Waals surface area contributed by atoms with E-state index in [0.29, 0.717) is 11.8 Å². The van der Waals surface area contributed by atoms with Gasteiger partial charge in [0.1, 0.15) is 11.6 Å². The quantitative estimate of drug-likeness (QED) is 0.264. The fraction of sp³-hybridized carbons (Fsp3) is 0.385. The van der Waals surface area contributed by atoms with Crippen LogP contribution in [0.5, 0.6) is 0 Å². The Balaban J connectivity index is 3.09. The highest BCUT2D eigenvalue weighted by atomic mass is 33.1. The molecule has 9 nitrogen and oxygen atoms in total. The van der Waals surface area contributed by atoms with E-state index in [1.54, 1.807) is 6.07 Å². The van der Waals surface area contributed by atoms with Crippen LogP contribution in [0.4, 0.5) is 11.4 Å². The van der Waals surface area contributed by atoms with Crippen LogP contribution in [0, 0.1) is 37.0 Å². The smallest absolute Gasteiger partial charge is 0.287 e. The summed E-state index contributed by atoms with van der Waals surface area (Å²) in [5.74, 6) is -0.134. The molecule has 0 bridgehead atoms. The van der Waals surface area contributed by atoms with Crippen molar-refractivity contribution < 1.29 is 14.6 Å². The molecular formula is C13H14N4O5S2. The second-order valence-corrected chi connectivity index (χ2v) is 7.95. The average molecular weight is 370 g/mol. The highest BCUT2D eigenvalue weighted by molar-refractivity contribution is 8.76. The summed E-state index contributed by atoms with van der Waals surface area (Å²) < 4.78 is 2.41. The number of benzene rings is 1. The van der Waals surface area contributed by atoms with Gasteiger partial charge >= 0.3 is 0 Å². The lowest BCUT2D eigenvalue weighted by molar-refractivity contribution is -0.394. The maximum atomic E-state index is 12.2. The van der Waals surface area contributed by atoms with Gasteiger partial charge in [0.2, 0.25) is 0 Å². The summed E-state index contributed by atoms with van der Waals surface area (Å²) in [7, 11) is 2.33. The average Bonchev–Trinajstić information content (AvgIpc) is 2.48. The number of nitro benzene ring substituents is 2. The highest BCUT2D eigenvalue weighted by Crippen LogP contribution is 2.31. The van der Waals surface area contributed by atoms with E-state index in [4.69, 9.17) is 5.26 Å². The number of hydrogen-bond acceptors (Lipinski definition) is 8. The van der Waals surface area contributed by atoms with E-state index in [1.165, 1.54) is 10.8 Å². The number of hydrogen-bond donors (Lipinski definition) is 1. The number of rotatable bonds is 6. The van der Waals surface area contributed by atoms with Gasteiger partial charge in [0.05, 0.1) is 21.5 Å². The highest BCUT2D eigenvalue weighted by Gasteiger charge is 2.29. The Kier molecular flexibility index (Phi) is 6.56. The fourth-order valence-corrected chi connectivity index (χ4v) is 3.80. The van der Waals surface area contributed by atoms with Crippen LogP contribution in [0.1, 0.15) is 36.7 Å². The van der Waals surface area contributed by atoms with Gasteiger partial charge < -0.3 is 0 Å². The first-order valence-corrected chi connectivity index (χ1v) is 8.84. The van der Waals surface area contributed by atoms with Gasteiger partial charge in [0.25, 0.3) is 17.3 Å². The molecule has 0 atom stereocenters. The first kappa shape index (κ1) is 19.7. The van der Waals surface area contributed by atoms with Crippen molar-refractivity contribution >= 4 is 39.1 Å². The van der Waals surface area contributed by atoms with Gasteiger partial charge in [-0.3, -0.25) is 29.7 Å². The number of nitro groups is 2. The molecule has 0 saturated heterocycles. The van der Waals surface area contributed by atoms with E-state index in [-0.39, 0.29) is 5.41 Å². The topological polar surface area (TPSA) is 139 Å². The summed E-state index contributed by atoms with van der Waals surface area (Å²) in [6, 6.07) is 3.11. The molecule has 0 aliphatic heterocycles. The van der Waals surface area contributed by atoms with Crippen molar-refractivity contribution in [1.82, 2.24) is 4.72 Å². The van der Waals surface area contributed by atoms with Gasteiger partial charge in [-0.15, -0.1) is 0 Å². The molecule has 1 rings (SSSR count). The molecule has 0 aliphatic carbocycles. The van der Waals surface area contributed by atoms with Gasteiger partial charge in [-0.05, 0) is 5.41 Å². The molecular weight excluding hydrogens is 356 g/mol. The minimum absolute atomic E-state index is 0.0273. The number of carbonyl (C=O) groups is 1. The second-order valence-electron chi connectivity index (χ2n) is 5.85. The van der Waals surface area contributed by atoms with Crippen LogP contribution in [0.15, 0.2) is 12.1 Å². The zero-order valence-corrected chi connectivity index (χ0v) is 14.7. The Morgan fingerprint density at radius 1 is 1.29 bits per heavy atom. The lowest BCUT2D eigenvalue weighted by atomic mass is 10.0. The third kappa shape index (κ3) is 5.39. The zero-order chi connectivity index (χ0) is 18.5. The molecule has 0 aromatic heterocycles. The molecule has 1 N–H and O–H groups in total. The number of nitrogens with one attached hydrogen (secondary N) is 1. The maximum Gasteiger partial charge on any atom is 0.290 e. The number of non-ortho nitro benzene ring substituents is 1. The van der Waals surface area contributed by atoms with Crippen LogP contribution >= 0.6 is 21.8 Å². The third-order valence-corrected chi connectivity index (χ3v) is 4.87. The summed E-state index contributed by atoms with van der Waals surface area (Å²) in [5, 5.41) is 31.0. The Labute approximate surface area is 145 Å². The van der Waals surface area contributed by atoms with Crippen LogP contribution in [0.2, 0.25) is 0 Å². The molecule has 24 heavy (non-hydrogen) atoms. The summed E-state index contributed by atoms with van der Waals surface area (Å²) in [5.41, 5.74) is -2.28. The van der Waals surface area contributed by atoms with E-state index in [2.05, 4.69) is 4.72 Å². The lowest BCUT2D eigenvalue weighted by Crippen LogP contribution is -2.19. The Morgan fingerprint density at radius 3 is 2.38 bits per heavy atom. The van der Waals surface area contributed by atoms with E-state index >= 15 is 0 Å². The molecule has 0 radical (unpaired) electrons. The minimum atomic E-state index is -0.921. The summed E-state index contributed by atoms with van der Waals surface area (Å²) >= 11 is 0. The maximum absolute atomic E-state index is 12.2. The van der Waals surface area contributed by atoms with E-state index in [9.17, 15) is 25.0 Å². The van der Waals surface area contributed by atoms with Crippen LogP contribution < -0.4 is 4.72 Å². The van der Waals surface area contributed by atoms with Crippen molar-refractivity contribution in [2.75, 3.05) is 5.75 Å². The Hall–Kier alpha value is -2.32. The number of nitriles is 1. The van der Waals surface area contributed by atoms with Gasteiger partial charge in [-0.1, -0.05) is 31.6 Å². The van der Waals surface area contributed by atoms with Crippen molar-refractivity contribution in [1.29, 1.82) is 5.26 Å². The van der Waals surface area contributed by atoms with Crippen LogP contribution in [-0.2, 0) is 0 Å². The number of amides is 1. The lowest BCUT2D eigenvalue weighted by Gasteiger charge is -2.16. The molecule has 0 heterocycles. The van der Waals surface area contributed by atoms with Gasteiger partial charge in [-0.2, -0.15) is 5.26 Å². The van der Waals surface area contributed by atoms with Gasteiger partial charge in [-0.25, -0.2) is 0 Å². The first-order valence-electron chi connectivity index (χ1n) is 6.52. The molecule has 0 fully saturated rings. The largest absolute Gasteiger partial charge is 0.290 e. The van der Waals surface area contributed by atoms with E-state index < -0.39 is 38.3 Å². The monoisotopic (exact) mass is 370 g/mol. The molecule has 1 aromatic carbocycles. The second kappa shape index (κ2) is 7.98. The fourth-order valence-electron chi connectivity index (χ4n) is 1.51. The molecule has 1 amide bonds. The summed E-state index contributed by atoms with van der Waals surface area (Å²) in [6.45, 7) is 6.03. The van der Waals surface area contributed by atoms with Crippen LogP contribution in [-0.4, -0.2) is 21.5 Å². The Bertz CT molecular complexity index is 724. The van der Waals surface area contributed by atoms with E-state index in [1.807, 2.05) is 20.8 Å². The third-order valence-electron chi connectivity index (χ3n) is 2.54. The standard InChI is InChI=1S/C13H14N4O5S2/c1-13(2,3)7-23-24-15-12(18)11-8(6-14)4-9(16(19)20)5-10(11)17(21)22/h4-5H,7H2,1-3H3,(H,15,18). The van der Waals surface area contributed by atoms with Crippen molar-refractivity contribution in [3.05, 3.63) is 43.5 Å². The van der Waals surface area contributed by atoms with Crippen LogP contribution in [0.3, 0.4) is 0 Å². The predicted molar refractivity (Wildman–Crippen MR) is 91.4 cm³/mol. The predicted octanol–water partition coefficient (Wildman–Crippen LogP) is 3.45. The van der Waals surface area contributed by atoms with Crippen molar-refractivity contribution in [2.45, 2.75) is 20.8 Å². The normalized spacial score (nSPS) is 10.8. The molecule has 0 unspecified atom stereocenters. The number of nitrogens with zero attached hydrogens (tertiary/aromatic N) is 3. The van der Waals surface area contributed by atoms with Gasteiger partial charge in [0.15, 0.2) is 0 Å². The zero-order valence-electron chi connectivity index (χ0n) is 13.1. The molecule has 1 aromatic rings. The molecule has 11 heteroatoms. The molecule has 0 saturated carbocycles. The SMILES string of the molecule is CC(C)(C)CSSNC(=O)c1c(C#N)cc([N+](=O)[O-])cc1[N+](=O)[O-]. The summed E-state index contributed by atoms with van der Waals surface area (Å²) in [6.07, 6.45) is 0. The van der Waals surface area contributed by atoms with Gasteiger partial charge in [0, 0.05) is 22.8 Å². The molecule has 0 spiro atoms. The first-order chi connectivity index (χ1) is 11.1. The molecule has 0 aliphatic rings. The van der Waals surface area contributed by atoms with Crippen molar-refractivity contribution in [2.24, 2.45) is 5.41 Å². The number of carbonyl (C=O) groups excluding carboxylic acids is 1. The van der Waals surface area contributed by atoms with Crippen molar-refractivity contribution in [3.8, 4) is 6.07 Å². The summed E-state index contributed by atoms with van der Waals surface area (Å²) in [4.78, 5) is 32.3. The Morgan fingerprint density at radius 2 is 1.92 bits per heavy atom. The van der Waals surface area contributed by atoms with Crippen molar-refractivity contribution in [3.63, 3.8) is 0 Å². The van der Waals surface area contributed by atoms with E-state index in [0.717, 1.165) is 17.0 Å². The minimum Gasteiger partial charge on any atom is -0.287 e.